The first kappa shape index (κ1) is 9.81. The Morgan fingerprint density at radius 2 is 2.23 bits per heavy atom. The topological polar surface area (TPSA) is 32.3 Å². The SMILES string of the molecule is CNCC=Cc1ccc(C)cc1O. The third-order valence-electron chi connectivity index (χ3n) is 1.81. The van der Waals surface area contributed by atoms with Crippen LogP contribution in [0.1, 0.15) is 11.1 Å². The van der Waals surface area contributed by atoms with Crippen LogP contribution in [0.25, 0.3) is 6.08 Å². The molecular weight excluding hydrogens is 162 g/mol. The summed E-state index contributed by atoms with van der Waals surface area (Å²) in [4.78, 5) is 0. The van der Waals surface area contributed by atoms with Crippen molar-refractivity contribution < 1.29 is 5.11 Å². The van der Waals surface area contributed by atoms with E-state index in [1.54, 1.807) is 6.07 Å². The Kier molecular flexibility index (Phi) is 3.53. The van der Waals surface area contributed by atoms with E-state index in [0.29, 0.717) is 5.75 Å². The second-order valence-electron chi connectivity index (χ2n) is 3.02. The number of phenolic OH excluding ortho intramolecular Hbond substituents is 1. The number of nitrogens with one attached hydrogen (secondary N) is 1. The Bertz CT molecular complexity index is 305. The number of phenols is 1. The molecule has 0 aliphatic heterocycles. The van der Waals surface area contributed by atoms with Crippen LogP contribution in [0.5, 0.6) is 5.75 Å². The van der Waals surface area contributed by atoms with Crippen LogP contribution >= 0.6 is 0 Å². The van der Waals surface area contributed by atoms with E-state index in [1.807, 2.05) is 38.3 Å². The number of hydrogen-bond acceptors (Lipinski definition) is 2. The standard InChI is InChI=1S/C11H15NO/c1-9-5-6-10(11(13)8-9)4-3-7-12-2/h3-6,8,12-13H,7H2,1-2H3. The highest BCUT2D eigenvalue weighted by atomic mass is 16.3. The van der Waals surface area contributed by atoms with Gasteiger partial charge in [-0.05, 0) is 25.6 Å². The summed E-state index contributed by atoms with van der Waals surface area (Å²) in [6.45, 7) is 2.77. The van der Waals surface area contributed by atoms with Crippen LogP contribution in [-0.4, -0.2) is 18.7 Å². The third-order valence-corrected chi connectivity index (χ3v) is 1.81. The molecule has 70 valence electrons. The molecule has 0 bridgehead atoms. The molecular formula is C11H15NO. The Balaban J connectivity index is 2.77. The molecule has 1 aromatic carbocycles. The lowest BCUT2D eigenvalue weighted by molar-refractivity contribution is 0.473. The zero-order valence-electron chi connectivity index (χ0n) is 8.04. The highest BCUT2D eigenvalue weighted by Crippen LogP contribution is 2.19. The molecule has 13 heavy (non-hydrogen) atoms. The van der Waals surface area contributed by atoms with Gasteiger partial charge in [0.1, 0.15) is 5.75 Å². The van der Waals surface area contributed by atoms with Crippen molar-refractivity contribution in [1.82, 2.24) is 5.32 Å². The van der Waals surface area contributed by atoms with Gasteiger partial charge in [-0.2, -0.15) is 0 Å². The number of rotatable bonds is 3. The molecule has 0 fully saturated rings. The Labute approximate surface area is 78.9 Å². The van der Waals surface area contributed by atoms with Gasteiger partial charge in [0.25, 0.3) is 0 Å². The molecule has 0 radical (unpaired) electrons. The van der Waals surface area contributed by atoms with Gasteiger partial charge in [-0.3, -0.25) is 0 Å². The first-order chi connectivity index (χ1) is 6.24. The molecule has 2 nitrogen and oxygen atoms in total. The molecule has 0 saturated carbocycles. The lowest BCUT2D eigenvalue weighted by Gasteiger charge is -1.99. The average molecular weight is 177 g/mol. The second-order valence-corrected chi connectivity index (χ2v) is 3.02. The fourth-order valence-corrected chi connectivity index (χ4v) is 1.10. The Hall–Kier alpha value is -1.28. The molecule has 0 heterocycles. The molecule has 1 aromatic rings. The average Bonchev–Trinajstić information content (AvgIpc) is 2.09. The Morgan fingerprint density at radius 3 is 2.85 bits per heavy atom. The quantitative estimate of drug-likeness (QED) is 0.739. The fraction of sp³-hybridized carbons (Fsp3) is 0.273. The van der Waals surface area contributed by atoms with Crippen molar-refractivity contribution in [3.8, 4) is 5.75 Å². The van der Waals surface area contributed by atoms with Crippen LogP contribution in [0.15, 0.2) is 24.3 Å². The van der Waals surface area contributed by atoms with Gasteiger partial charge in [0.05, 0.1) is 0 Å². The molecule has 0 aromatic heterocycles. The molecule has 2 heteroatoms. The summed E-state index contributed by atoms with van der Waals surface area (Å²) in [7, 11) is 1.89. The maximum absolute atomic E-state index is 9.52. The van der Waals surface area contributed by atoms with E-state index in [1.165, 1.54) is 0 Å². The summed E-state index contributed by atoms with van der Waals surface area (Å²) >= 11 is 0. The highest BCUT2D eigenvalue weighted by Gasteiger charge is 1.95. The minimum absolute atomic E-state index is 0.340. The van der Waals surface area contributed by atoms with E-state index in [9.17, 15) is 5.11 Å². The first-order valence-corrected chi connectivity index (χ1v) is 4.35. The molecule has 0 spiro atoms. The van der Waals surface area contributed by atoms with Crippen LogP contribution in [0.3, 0.4) is 0 Å². The molecule has 2 N–H and O–H groups in total. The summed E-state index contributed by atoms with van der Waals surface area (Å²) < 4.78 is 0. The molecule has 0 aliphatic carbocycles. The Morgan fingerprint density at radius 1 is 1.46 bits per heavy atom. The van der Waals surface area contributed by atoms with Gasteiger partial charge in [-0.15, -0.1) is 0 Å². The maximum Gasteiger partial charge on any atom is 0.123 e. The van der Waals surface area contributed by atoms with Gasteiger partial charge < -0.3 is 10.4 Å². The summed E-state index contributed by atoms with van der Waals surface area (Å²) in [6.07, 6.45) is 3.88. The molecule has 1 rings (SSSR count). The lowest BCUT2D eigenvalue weighted by atomic mass is 10.1. The van der Waals surface area contributed by atoms with Gasteiger partial charge in [0.15, 0.2) is 0 Å². The minimum Gasteiger partial charge on any atom is -0.507 e. The van der Waals surface area contributed by atoms with Crippen molar-refractivity contribution in [2.24, 2.45) is 0 Å². The highest BCUT2D eigenvalue weighted by molar-refractivity contribution is 5.57. The fourth-order valence-electron chi connectivity index (χ4n) is 1.10. The molecule has 0 unspecified atom stereocenters. The monoisotopic (exact) mass is 177 g/mol. The second kappa shape index (κ2) is 4.67. The molecule has 0 amide bonds. The summed E-state index contributed by atoms with van der Waals surface area (Å²) in [5, 5.41) is 12.5. The molecule has 0 aliphatic rings. The summed E-state index contributed by atoms with van der Waals surface area (Å²) in [5.74, 6) is 0.340. The zero-order chi connectivity index (χ0) is 9.68. The summed E-state index contributed by atoms with van der Waals surface area (Å²) in [5.41, 5.74) is 1.93. The van der Waals surface area contributed by atoms with E-state index < -0.39 is 0 Å². The number of benzene rings is 1. The van der Waals surface area contributed by atoms with Crippen LogP contribution in [-0.2, 0) is 0 Å². The van der Waals surface area contributed by atoms with Crippen molar-refractivity contribution in [1.29, 1.82) is 0 Å². The van der Waals surface area contributed by atoms with E-state index in [0.717, 1.165) is 17.7 Å². The van der Waals surface area contributed by atoms with Crippen molar-refractivity contribution in [3.05, 3.63) is 35.4 Å². The van der Waals surface area contributed by atoms with E-state index in [4.69, 9.17) is 0 Å². The van der Waals surface area contributed by atoms with Crippen LogP contribution in [0, 0.1) is 6.92 Å². The van der Waals surface area contributed by atoms with Crippen LogP contribution in [0.2, 0.25) is 0 Å². The maximum atomic E-state index is 9.52. The van der Waals surface area contributed by atoms with Gasteiger partial charge >= 0.3 is 0 Å². The number of hydrogen-bond donors (Lipinski definition) is 2. The van der Waals surface area contributed by atoms with Crippen molar-refractivity contribution in [2.45, 2.75) is 6.92 Å². The van der Waals surface area contributed by atoms with Gasteiger partial charge in [0.2, 0.25) is 0 Å². The molecule has 0 saturated heterocycles. The van der Waals surface area contributed by atoms with Crippen molar-refractivity contribution in [3.63, 3.8) is 0 Å². The first-order valence-electron chi connectivity index (χ1n) is 4.35. The van der Waals surface area contributed by atoms with E-state index >= 15 is 0 Å². The number of likely N-dealkylation sites (N-methyl/N-ethyl adjacent to an activating group) is 1. The zero-order valence-corrected chi connectivity index (χ0v) is 8.04. The van der Waals surface area contributed by atoms with Crippen LogP contribution in [0.4, 0.5) is 0 Å². The number of aromatic hydroxyl groups is 1. The largest absolute Gasteiger partial charge is 0.507 e. The number of aryl methyl sites for hydroxylation is 1. The lowest BCUT2D eigenvalue weighted by Crippen LogP contribution is -2.03. The normalized spacial score (nSPS) is 10.9. The smallest absolute Gasteiger partial charge is 0.123 e. The van der Waals surface area contributed by atoms with E-state index in [2.05, 4.69) is 5.32 Å². The third kappa shape index (κ3) is 2.92. The van der Waals surface area contributed by atoms with Crippen molar-refractivity contribution in [2.75, 3.05) is 13.6 Å². The van der Waals surface area contributed by atoms with E-state index in [-0.39, 0.29) is 0 Å². The van der Waals surface area contributed by atoms with Gasteiger partial charge in [-0.1, -0.05) is 24.3 Å². The van der Waals surface area contributed by atoms with Gasteiger partial charge in [-0.25, -0.2) is 0 Å². The van der Waals surface area contributed by atoms with Gasteiger partial charge in [0, 0.05) is 12.1 Å². The van der Waals surface area contributed by atoms with Crippen molar-refractivity contribution >= 4 is 6.08 Å². The minimum atomic E-state index is 0.340. The van der Waals surface area contributed by atoms with Crippen LogP contribution < -0.4 is 5.32 Å². The molecule has 0 atom stereocenters. The predicted octanol–water partition coefficient (Wildman–Crippen LogP) is 1.93. The summed E-state index contributed by atoms with van der Waals surface area (Å²) in [6, 6.07) is 5.66. The predicted molar refractivity (Wildman–Crippen MR) is 55.8 cm³/mol.